The van der Waals surface area contributed by atoms with Crippen LogP contribution in [0.3, 0.4) is 0 Å². The number of urea groups is 1. The standard InChI is InChI=1S/C21H31N3O3/c1-22(21(25)24-10-13-26-14-11-24)19-3-2-8-23(16-19)9-6-17-4-5-20-18(15-17)7-12-27-20/h4-5,15,19H,2-3,6-14,16H2,1H3. The van der Waals surface area contributed by atoms with Gasteiger partial charge in [-0.2, -0.15) is 0 Å². The Morgan fingerprint density at radius 3 is 2.93 bits per heavy atom. The molecule has 0 saturated carbocycles. The van der Waals surface area contributed by atoms with Crippen LogP contribution < -0.4 is 4.74 Å². The van der Waals surface area contributed by atoms with Gasteiger partial charge in [-0.15, -0.1) is 0 Å². The lowest BCUT2D eigenvalue weighted by Crippen LogP contribution is -2.54. The number of rotatable bonds is 4. The van der Waals surface area contributed by atoms with E-state index in [1.54, 1.807) is 0 Å². The van der Waals surface area contributed by atoms with Crippen molar-refractivity contribution in [2.45, 2.75) is 31.7 Å². The molecule has 4 rings (SSSR count). The van der Waals surface area contributed by atoms with Crippen molar-refractivity contribution < 1.29 is 14.3 Å². The van der Waals surface area contributed by atoms with Gasteiger partial charge in [-0.3, -0.25) is 0 Å². The molecule has 3 aliphatic heterocycles. The predicted octanol–water partition coefficient (Wildman–Crippen LogP) is 2.01. The van der Waals surface area contributed by atoms with Gasteiger partial charge in [0.05, 0.1) is 19.8 Å². The number of likely N-dealkylation sites (N-methyl/N-ethyl adjacent to an activating group) is 1. The Hall–Kier alpha value is -1.79. The van der Waals surface area contributed by atoms with Gasteiger partial charge in [0.2, 0.25) is 0 Å². The first kappa shape index (κ1) is 18.6. The van der Waals surface area contributed by atoms with E-state index in [4.69, 9.17) is 9.47 Å². The number of carbonyl (C=O) groups excluding carboxylic acids is 1. The molecule has 0 aliphatic carbocycles. The van der Waals surface area contributed by atoms with Crippen molar-refractivity contribution in [2.24, 2.45) is 0 Å². The van der Waals surface area contributed by atoms with E-state index >= 15 is 0 Å². The molecule has 1 unspecified atom stereocenters. The first-order valence-electron chi connectivity index (χ1n) is 10.3. The minimum absolute atomic E-state index is 0.156. The molecule has 1 aromatic carbocycles. The Bertz CT molecular complexity index is 660. The van der Waals surface area contributed by atoms with Crippen LogP contribution in [0, 0.1) is 0 Å². The molecule has 2 fully saturated rings. The molecular weight excluding hydrogens is 342 g/mol. The van der Waals surface area contributed by atoms with Gasteiger partial charge in [-0.25, -0.2) is 4.79 Å². The summed E-state index contributed by atoms with van der Waals surface area (Å²) in [5.74, 6) is 1.06. The molecule has 148 valence electrons. The van der Waals surface area contributed by atoms with Crippen LogP contribution in [-0.2, 0) is 17.6 Å². The molecule has 3 heterocycles. The van der Waals surface area contributed by atoms with Crippen molar-refractivity contribution in [3.8, 4) is 5.75 Å². The predicted molar refractivity (Wildman–Crippen MR) is 104 cm³/mol. The number of fused-ring (bicyclic) bond motifs is 1. The van der Waals surface area contributed by atoms with E-state index < -0.39 is 0 Å². The first-order chi connectivity index (χ1) is 13.2. The van der Waals surface area contributed by atoms with Crippen molar-refractivity contribution >= 4 is 6.03 Å². The number of hydrogen-bond donors (Lipinski definition) is 0. The minimum Gasteiger partial charge on any atom is -0.493 e. The lowest BCUT2D eigenvalue weighted by Gasteiger charge is -2.40. The van der Waals surface area contributed by atoms with E-state index in [2.05, 4.69) is 23.1 Å². The van der Waals surface area contributed by atoms with Crippen LogP contribution in [0.15, 0.2) is 18.2 Å². The maximum absolute atomic E-state index is 12.8. The first-order valence-corrected chi connectivity index (χ1v) is 10.3. The summed E-state index contributed by atoms with van der Waals surface area (Å²) < 4.78 is 11.0. The van der Waals surface area contributed by atoms with Crippen molar-refractivity contribution in [3.05, 3.63) is 29.3 Å². The zero-order valence-corrected chi connectivity index (χ0v) is 16.4. The van der Waals surface area contributed by atoms with Crippen molar-refractivity contribution in [1.82, 2.24) is 14.7 Å². The molecule has 0 spiro atoms. The number of morpholine rings is 1. The molecule has 27 heavy (non-hydrogen) atoms. The summed E-state index contributed by atoms with van der Waals surface area (Å²) in [7, 11) is 1.96. The molecule has 0 radical (unpaired) electrons. The highest BCUT2D eigenvalue weighted by atomic mass is 16.5. The molecule has 1 atom stereocenters. The van der Waals surface area contributed by atoms with Gasteiger partial charge in [0.1, 0.15) is 5.75 Å². The zero-order valence-electron chi connectivity index (χ0n) is 16.4. The van der Waals surface area contributed by atoms with E-state index in [-0.39, 0.29) is 6.03 Å². The number of ether oxygens (including phenoxy) is 2. The molecule has 1 aromatic rings. The number of carbonyl (C=O) groups is 1. The Labute approximate surface area is 162 Å². The van der Waals surface area contributed by atoms with E-state index in [1.165, 1.54) is 11.1 Å². The summed E-state index contributed by atoms with van der Waals surface area (Å²) in [5.41, 5.74) is 2.74. The van der Waals surface area contributed by atoms with Crippen molar-refractivity contribution in [1.29, 1.82) is 0 Å². The van der Waals surface area contributed by atoms with E-state index in [9.17, 15) is 4.79 Å². The summed E-state index contributed by atoms with van der Waals surface area (Å²) in [6, 6.07) is 7.08. The second kappa shape index (κ2) is 8.48. The number of piperidine rings is 1. The van der Waals surface area contributed by atoms with Crippen LogP contribution in [0.2, 0.25) is 0 Å². The molecule has 6 nitrogen and oxygen atoms in total. The number of hydrogen-bond acceptors (Lipinski definition) is 4. The normalized spacial score (nSPS) is 23.0. The van der Waals surface area contributed by atoms with Gasteiger partial charge in [-0.05, 0) is 43.0 Å². The van der Waals surface area contributed by atoms with Gasteiger partial charge in [0.25, 0.3) is 0 Å². The second-order valence-corrected chi connectivity index (χ2v) is 7.88. The fourth-order valence-electron chi connectivity index (χ4n) is 4.37. The Morgan fingerprint density at radius 2 is 2.07 bits per heavy atom. The van der Waals surface area contributed by atoms with Gasteiger partial charge in [0, 0.05) is 45.7 Å². The molecule has 0 aromatic heterocycles. The zero-order chi connectivity index (χ0) is 18.6. The van der Waals surface area contributed by atoms with Gasteiger partial charge >= 0.3 is 6.03 Å². The van der Waals surface area contributed by atoms with E-state index in [0.717, 1.165) is 57.7 Å². The van der Waals surface area contributed by atoms with Crippen LogP contribution in [0.5, 0.6) is 5.75 Å². The molecule has 6 heteroatoms. The lowest BCUT2D eigenvalue weighted by molar-refractivity contribution is 0.0370. The van der Waals surface area contributed by atoms with Gasteiger partial charge < -0.3 is 24.2 Å². The third kappa shape index (κ3) is 4.38. The fraction of sp³-hybridized carbons (Fsp3) is 0.667. The molecule has 3 aliphatic rings. The number of amides is 2. The van der Waals surface area contributed by atoms with Crippen LogP contribution in [0.1, 0.15) is 24.0 Å². The van der Waals surface area contributed by atoms with Crippen molar-refractivity contribution in [2.75, 3.05) is 59.6 Å². The largest absolute Gasteiger partial charge is 0.493 e. The van der Waals surface area contributed by atoms with Crippen LogP contribution >= 0.6 is 0 Å². The minimum atomic E-state index is 0.156. The average Bonchev–Trinajstić information content (AvgIpc) is 3.20. The topological polar surface area (TPSA) is 45.2 Å². The molecule has 2 saturated heterocycles. The van der Waals surface area contributed by atoms with E-state index in [1.807, 2.05) is 16.8 Å². The van der Waals surface area contributed by atoms with Crippen LogP contribution in [0.4, 0.5) is 4.79 Å². The average molecular weight is 373 g/mol. The summed E-state index contributed by atoms with van der Waals surface area (Å²) >= 11 is 0. The van der Waals surface area contributed by atoms with Gasteiger partial charge in [0.15, 0.2) is 0 Å². The molecule has 0 bridgehead atoms. The number of nitrogens with zero attached hydrogens (tertiary/aromatic N) is 3. The molecule has 2 amide bonds. The Kier molecular flexibility index (Phi) is 5.83. The number of benzene rings is 1. The van der Waals surface area contributed by atoms with Crippen LogP contribution in [-0.4, -0.2) is 86.4 Å². The highest BCUT2D eigenvalue weighted by Crippen LogP contribution is 2.26. The Morgan fingerprint density at radius 1 is 1.22 bits per heavy atom. The van der Waals surface area contributed by atoms with Crippen LogP contribution in [0.25, 0.3) is 0 Å². The monoisotopic (exact) mass is 373 g/mol. The quantitative estimate of drug-likeness (QED) is 0.810. The third-order valence-electron chi connectivity index (χ3n) is 6.08. The van der Waals surface area contributed by atoms with E-state index in [0.29, 0.717) is 32.3 Å². The van der Waals surface area contributed by atoms with Crippen molar-refractivity contribution in [3.63, 3.8) is 0 Å². The maximum Gasteiger partial charge on any atom is 0.320 e. The SMILES string of the molecule is CN(C(=O)N1CCOCC1)C1CCCN(CCc2ccc3c(c2)CCO3)C1. The highest BCUT2D eigenvalue weighted by molar-refractivity contribution is 5.74. The number of likely N-dealkylation sites (tertiary alicyclic amines) is 1. The Balaban J connectivity index is 1.29. The lowest BCUT2D eigenvalue weighted by atomic mass is 10.0. The fourth-order valence-corrected chi connectivity index (χ4v) is 4.37. The summed E-state index contributed by atoms with van der Waals surface area (Å²) in [6.45, 7) is 6.70. The molecular formula is C21H31N3O3. The smallest absolute Gasteiger partial charge is 0.320 e. The summed E-state index contributed by atoms with van der Waals surface area (Å²) in [6.07, 6.45) is 4.34. The summed E-state index contributed by atoms with van der Waals surface area (Å²) in [4.78, 5) is 19.2. The summed E-state index contributed by atoms with van der Waals surface area (Å²) in [5, 5.41) is 0. The highest BCUT2D eigenvalue weighted by Gasteiger charge is 2.29. The molecule has 0 N–H and O–H groups in total. The van der Waals surface area contributed by atoms with Gasteiger partial charge in [-0.1, -0.05) is 12.1 Å². The second-order valence-electron chi connectivity index (χ2n) is 7.88. The third-order valence-corrected chi connectivity index (χ3v) is 6.08. The maximum atomic E-state index is 12.8.